The number of carboxylic acid groups (broad SMARTS) is 1. The number of hydrogen-bond donors (Lipinski definition) is 0. The summed E-state index contributed by atoms with van der Waals surface area (Å²) in [4.78, 5) is 10.00. The van der Waals surface area contributed by atoms with Crippen molar-refractivity contribution in [3.63, 3.8) is 0 Å². The first kappa shape index (κ1) is 7.99. The summed E-state index contributed by atoms with van der Waals surface area (Å²) in [6.45, 7) is 0. The van der Waals surface area contributed by atoms with Gasteiger partial charge in [0.2, 0.25) is 5.16 Å². The van der Waals surface area contributed by atoms with Gasteiger partial charge in [-0.15, -0.1) is 5.10 Å². The fourth-order valence-corrected chi connectivity index (χ4v) is 1.03. The van der Waals surface area contributed by atoms with Crippen LogP contribution >= 0.6 is 11.8 Å². The molecule has 0 fully saturated rings. The van der Waals surface area contributed by atoms with Crippen molar-refractivity contribution in [3.05, 3.63) is 0 Å². The summed E-state index contributed by atoms with van der Waals surface area (Å²) in [6.07, 6.45) is 0. The van der Waals surface area contributed by atoms with Crippen LogP contribution in [0.3, 0.4) is 0 Å². The Morgan fingerprint density at radius 2 is 2.55 bits per heavy atom. The minimum atomic E-state index is -1.13. The van der Waals surface area contributed by atoms with Crippen LogP contribution in [0.1, 0.15) is 0 Å². The molecular formula is C4H5N4O2S-. The fraction of sp³-hybridized carbons (Fsp3) is 0.500. The number of hydrogen-bond acceptors (Lipinski definition) is 6. The van der Waals surface area contributed by atoms with Crippen LogP contribution in [0.2, 0.25) is 0 Å². The van der Waals surface area contributed by atoms with E-state index in [1.54, 1.807) is 7.05 Å². The highest BCUT2D eigenvalue weighted by molar-refractivity contribution is 7.99. The van der Waals surface area contributed by atoms with Crippen LogP contribution < -0.4 is 5.11 Å². The van der Waals surface area contributed by atoms with Crippen molar-refractivity contribution in [1.29, 1.82) is 0 Å². The van der Waals surface area contributed by atoms with E-state index in [1.165, 1.54) is 4.68 Å². The molecule has 0 aliphatic carbocycles. The summed E-state index contributed by atoms with van der Waals surface area (Å²) in [5, 5.41) is 20.9. The normalized spacial score (nSPS) is 9.91. The molecule has 0 aliphatic rings. The van der Waals surface area contributed by atoms with E-state index in [4.69, 9.17) is 0 Å². The van der Waals surface area contributed by atoms with Gasteiger partial charge in [-0.1, -0.05) is 11.8 Å². The second kappa shape index (κ2) is 3.33. The van der Waals surface area contributed by atoms with Crippen LogP contribution in [0.15, 0.2) is 5.16 Å². The van der Waals surface area contributed by atoms with Gasteiger partial charge in [-0.2, -0.15) is 0 Å². The van der Waals surface area contributed by atoms with E-state index in [9.17, 15) is 9.90 Å². The Bertz CT molecular complexity index is 260. The molecule has 1 aromatic rings. The average molecular weight is 173 g/mol. The first-order valence-corrected chi connectivity index (χ1v) is 3.73. The minimum absolute atomic E-state index is 0.131. The number of thioether (sulfide) groups is 1. The van der Waals surface area contributed by atoms with E-state index < -0.39 is 5.97 Å². The molecule has 0 radical (unpaired) electrons. The van der Waals surface area contributed by atoms with E-state index in [0.29, 0.717) is 5.16 Å². The van der Waals surface area contributed by atoms with Gasteiger partial charge in [0, 0.05) is 12.8 Å². The molecule has 0 saturated carbocycles. The zero-order chi connectivity index (χ0) is 8.27. The summed E-state index contributed by atoms with van der Waals surface area (Å²) in [7, 11) is 1.64. The van der Waals surface area contributed by atoms with Crippen LogP contribution in [-0.4, -0.2) is 31.9 Å². The molecule has 0 aromatic carbocycles. The predicted molar refractivity (Wildman–Crippen MR) is 34.5 cm³/mol. The monoisotopic (exact) mass is 173 g/mol. The Morgan fingerprint density at radius 1 is 1.82 bits per heavy atom. The number of nitrogens with zero attached hydrogens (tertiary/aromatic N) is 4. The Kier molecular flexibility index (Phi) is 2.42. The van der Waals surface area contributed by atoms with Gasteiger partial charge in [0.25, 0.3) is 0 Å². The highest BCUT2D eigenvalue weighted by Crippen LogP contribution is 2.10. The molecule has 1 aromatic heterocycles. The van der Waals surface area contributed by atoms with Crippen molar-refractivity contribution in [2.24, 2.45) is 7.05 Å². The van der Waals surface area contributed by atoms with Crippen molar-refractivity contribution >= 4 is 17.7 Å². The summed E-state index contributed by atoms with van der Waals surface area (Å²) < 4.78 is 1.40. The summed E-state index contributed by atoms with van der Waals surface area (Å²) in [5.41, 5.74) is 0. The van der Waals surface area contributed by atoms with Crippen molar-refractivity contribution in [2.75, 3.05) is 5.75 Å². The molecule has 0 amide bonds. The quantitative estimate of drug-likeness (QED) is 0.494. The number of aryl methyl sites for hydroxylation is 1. The smallest absolute Gasteiger partial charge is 0.209 e. The predicted octanol–water partition coefficient (Wildman–Crippen LogP) is -1.95. The third-order valence-electron chi connectivity index (χ3n) is 0.900. The number of aliphatic carboxylic acids is 1. The molecule has 0 aliphatic heterocycles. The van der Waals surface area contributed by atoms with Crippen molar-refractivity contribution in [2.45, 2.75) is 5.16 Å². The van der Waals surface area contributed by atoms with Gasteiger partial charge in [0.05, 0.1) is 5.97 Å². The van der Waals surface area contributed by atoms with Gasteiger partial charge in [0.1, 0.15) is 0 Å². The largest absolute Gasteiger partial charge is 0.549 e. The van der Waals surface area contributed by atoms with Gasteiger partial charge in [-0.3, -0.25) is 0 Å². The van der Waals surface area contributed by atoms with Gasteiger partial charge >= 0.3 is 0 Å². The van der Waals surface area contributed by atoms with Gasteiger partial charge in [-0.05, 0) is 10.4 Å². The molecule has 0 N–H and O–H groups in total. The molecule has 60 valence electrons. The number of tetrazole rings is 1. The number of carbonyl (C=O) groups is 1. The van der Waals surface area contributed by atoms with E-state index in [-0.39, 0.29) is 5.75 Å². The highest BCUT2D eigenvalue weighted by atomic mass is 32.2. The molecule has 0 unspecified atom stereocenters. The molecule has 7 heteroatoms. The van der Waals surface area contributed by atoms with E-state index in [1.807, 2.05) is 0 Å². The molecular weight excluding hydrogens is 168 g/mol. The second-order valence-corrected chi connectivity index (χ2v) is 2.69. The molecule has 6 nitrogen and oxygen atoms in total. The lowest BCUT2D eigenvalue weighted by Gasteiger charge is -1.98. The van der Waals surface area contributed by atoms with Gasteiger partial charge < -0.3 is 9.90 Å². The Labute approximate surface area is 66.6 Å². The third kappa shape index (κ3) is 2.19. The Morgan fingerprint density at radius 3 is 3.00 bits per heavy atom. The van der Waals surface area contributed by atoms with Crippen molar-refractivity contribution < 1.29 is 9.90 Å². The number of carbonyl (C=O) groups excluding carboxylic acids is 1. The van der Waals surface area contributed by atoms with Crippen LogP contribution in [0.25, 0.3) is 0 Å². The van der Waals surface area contributed by atoms with Crippen LogP contribution in [0.5, 0.6) is 0 Å². The topological polar surface area (TPSA) is 83.7 Å². The van der Waals surface area contributed by atoms with E-state index >= 15 is 0 Å². The van der Waals surface area contributed by atoms with Gasteiger partial charge in [-0.25, -0.2) is 4.68 Å². The standard InChI is InChI=1S/C4H6N4O2S/c1-8-4(5-6-7-8)11-2-3(9)10/h2H2,1H3,(H,9,10)/p-1. The lowest BCUT2D eigenvalue weighted by atomic mass is 10.8. The molecule has 0 atom stereocenters. The number of aromatic nitrogens is 4. The van der Waals surface area contributed by atoms with Crippen LogP contribution in [0.4, 0.5) is 0 Å². The maximum absolute atomic E-state index is 10.00. The molecule has 0 spiro atoms. The van der Waals surface area contributed by atoms with Crippen molar-refractivity contribution in [3.8, 4) is 0 Å². The summed E-state index contributed by atoms with van der Waals surface area (Å²) >= 11 is 1.03. The maximum Gasteiger partial charge on any atom is 0.209 e. The lowest BCUT2D eigenvalue weighted by Crippen LogP contribution is -2.24. The van der Waals surface area contributed by atoms with Crippen LogP contribution in [-0.2, 0) is 11.8 Å². The maximum atomic E-state index is 10.00. The molecule has 1 rings (SSSR count). The first-order valence-electron chi connectivity index (χ1n) is 2.75. The first-order chi connectivity index (χ1) is 5.20. The lowest BCUT2D eigenvalue weighted by molar-refractivity contribution is -0.301. The zero-order valence-corrected chi connectivity index (χ0v) is 6.54. The summed E-state index contributed by atoms with van der Waals surface area (Å²) in [6, 6.07) is 0. The van der Waals surface area contributed by atoms with Crippen LogP contribution in [0, 0.1) is 0 Å². The number of carboxylic acids is 1. The number of rotatable bonds is 3. The van der Waals surface area contributed by atoms with Gasteiger partial charge in [0.15, 0.2) is 0 Å². The SMILES string of the molecule is Cn1nnnc1SCC(=O)[O-]. The molecule has 1 heterocycles. The zero-order valence-electron chi connectivity index (χ0n) is 5.72. The van der Waals surface area contributed by atoms with E-state index in [2.05, 4.69) is 15.5 Å². The highest BCUT2D eigenvalue weighted by Gasteiger charge is 2.01. The molecule has 11 heavy (non-hydrogen) atoms. The Hall–Kier alpha value is -1.11. The van der Waals surface area contributed by atoms with E-state index in [0.717, 1.165) is 11.8 Å². The fourth-order valence-electron chi connectivity index (χ4n) is 0.467. The second-order valence-electron chi connectivity index (χ2n) is 1.75. The molecule has 0 saturated heterocycles. The van der Waals surface area contributed by atoms with Crippen molar-refractivity contribution in [1.82, 2.24) is 20.2 Å². The third-order valence-corrected chi connectivity index (χ3v) is 1.88. The summed E-state index contributed by atoms with van der Waals surface area (Å²) in [5.74, 6) is -1.26. The minimum Gasteiger partial charge on any atom is -0.549 e. The average Bonchev–Trinajstić information content (AvgIpc) is 2.31. The Balaban J connectivity index is 2.51. The molecule has 0 bridgehead atoms.